The van der Waals surface area contributed by atoms with Gasteiger partial charge in [-0.25, -0.2) is 10.5 Å². The molecular weight excluding hydrogens is 390 g/mol. The number of aromatic amines is 2. The summed E-state index contributed by atoms with van der Waals surface area (Å²) in [7, 11) is 0. The molecule has 0 aliphatic rings. The van der Waals surface area contributed by atoms with E-state index in [1.807, 2.05) is 24.4 Å². The molecule has 7 heteroatoms. The number of hydrogen-bond donors (Lipinski definition) is 4. The zero-order valence-corrected chi connectivity index (χ0v) is 17.3. The van der Waals surface area contributed by atoms with E-state index in [4.69, 9.17) is 5.21 Å². The van der Waals surface area contributed by atoms with Crippen LogP contribution in [-0.2, 0) is 30.7 Å². The Morgan fingerprint density at radius 3 is 2.58 bits per heavy atom. The Bertz CT molecular complexity index is 1100. The maximum Gasteiger partial charge on any atom is 0.243 e. The van der Waals surface area contributed by atoms with Crippen LogP contribution >= 0.6 is 0 Å². The molecule has 160 valence electrons. The van der Waals surface area contributed by atoms with Gasteiger partial charge < -0.3 is 9.97 Å². The van der Waals surface area contributed by atoms with Gasteiger partial charge in [0.1, 0.15) is 0 Å². The monoisotopic (exact) mass is 417 g/mol. The molecule has 31 heavy (non-hydrogen) atoms. The molecule has 0 saturated heterocycles. The molecule has 0 spiro atoms. The lowest BCUT2D eigenvalue weighted by Crippen LogP contribution is -2.25. The lowest BCUT2D eigenvalue weighted by atomic mass is 10.1. The quantitative estimate of drug-likeness (QED) is 0.234. The third kappa shape index (κ3) is 5.59. The number of benzene rings is 2. The third-order valence-corrected chi connectivity index (χ3v) is 5.52. The number of hydroxylamine groups is 1. The van der Waals surface area contributed by atoms with E-state index in [1.54, 1.807) is 11.8 Å². The number of carbonyl (C=O) groups is 1. The van der Waals surface area contributed by atoms with E-state index in [9.17, 15) is 4.79 Å². The van der Waals surface area contributed by atoms with Crippen LogP contribution in [0.5, 0.6) is 0 Å². The highest BCUT2D eigenvalue weighted by Gasteiger charge is 2.11. The second-order valence-corrected chi connectivity index (χ2v) is 7.75. The van der Waals surface area contributed by atoms with Crippen LogP contribution in [0, 0.1) is 0 Å². The normalized spacial score (nSPS) is 11.3. The van der Waals surface area contributed by atoms with Gasteiger partial charge in [0.2, 0.25) is 5.91 Å². The summed E-state index contributed by atoms with van der Waals surface area (Å²) in [5.74, 6) is -0.368. The number of nitrogens with one attached hydrogen (secondary N) is 3. The molecule has 0 bridgehead atoms. The van der Waals surface area contributed by atoms with Gasteiger partial charge in [-0.3, -0.25) is 14.9 Å². The molecule has 0 fully saturated rings. The molecule has 0 aliphatic carbocycles. The summed E-state index contributed by atoms with van der Waals surface area (Å²) in [6, 6.07) is 16.7. The Morgan fingerprint density at radius 1 is 1.00 bits per heavy atom. The van der Waals surface area contributed by atoms with Gasteiger partial charge in [0, 0.05) is 55.0 Å². The number of imidazole rings is 1. The first-order valence-corrected chi connectivity index (χ1v) is 10.5. The van der Waals surface area contributed by atoms with Gasteiger partial charge in [0.15, 0.2) is 0 Å². The van der Waals surface area contributed by atoms with Gasteiger partial charge in [-0.1, -0.05) is 42.5 Å². The number of nitrogens with zero attached hydrogens (tertiary/aromatic N) is 2. The maximum atomic E-state index is 11.2. The van der Waals surface area contributed by atoms with Crippen molar-refractivity contribution >= 4 is 16.8 Å². The van der Waals surface area contributed by atoms with E-state index >= 15 is 0 Å². The second kappa shape index (κ2) is 10.1. The van der Waals surface area contributed by atoms with Crippen molar-refractivity contribution < 1.29 is 10.0 Å². The lowest BCUT2D eigenvalue weighted by molar-refractivity contribution is -0.129. The summed E-state index contributed by atoms with van der Waals surface area (Å²) >= 11 is 0. The molecule has 4 aromatic rings. The number of aryl methyl sites for hydroxylation is 1. The zero-order valence-electron chi connectivity index (χ0n) is 17.3. The lowest BCUT2D eigenvalue weighted by Gasteiger charge is -2.22. The smallest absolute Gasteiger partial charge is 0.243 e. The number of H-pyrrole nitrogens is 2. The van der Waals surface area contributed by atoms with Crippen LogP contribution < -0.4 is 5.48 Å². The first-order chi connectivity index (χ1) is 15.2. The van der Waals surface area contributed by atoms with Crippen LogP contribution in [0.4, 0.5) is 0 Å². The van der Waals surface area contributed by atoms with Gasteiger partial charge in [0.25, 0.3) is 0 Å². The van der Waals surface area contributed by atoms with Crippen molar-refractivity contribution in [1.29, 1.82) is 0 Å². The Morgan fingerprint density at radius 2 is 1.81 bits per heavy atom. The first kappa shape index (κ1) is 20.8. The summed E-state index contributed by atoms with van der Waals surface area (Å²) in [6.07, 6.45) is 7.51. The number of hydrogen-bond acceptors (Lipinski definition) is 4. The average molecular weight is 418 g/mol. The Balaban J connectivity index is 1.42. The van der Waals surface area contributed by atoms with Gasteiger partial charge in [0.05, 0.1) is 6.33 Å². The van der Waals surface area contributed by atoms with Gasteiger partial charge in [-0.05, 0) is 35.6 Å². The van der Waals surface area contributed by atoms with Crippen LogP contribution in [0.1, 0.15) is 28.8 Å². The SMILES string of the molecule is O=C(CCc1ccc(CN(CCc2c[nH]c3ccccc23)Cc2cnc[nH]2)cc1)NO. The van der Waals surface area contributed by atoms with Crippen LogP contribution in [0.3, 0.4) is 0 Å². The molecule has 1 amide bonds. The highest BCUT2D eigenvalue weighted by atomic mass is 16.5. The van der Waals surface area contributed by atoms with E-state index < -0.39 is 0 Å². The zero-order chi connectivity index (χ0) is 21.5. The Kier molecular flexibility index (Phi) is 6.76. The van der Waals surface area contributed by atoms with Gasteiger partial charge >= 0.3 is 0 Å². The molecule has 4 rings (SSSR count). The first-order valence-electron chi connectivity index (χ1n) is 10.5. The molecule has 2 aromatic carbocycles. The Labute approximate surface area is 181 Å². The average Bonchev–Trinajstić information content (AvgIpc) is 3.46. The fourth-order valence-electron chi connectivity index (χ4n) is 3.83. The number of para-hydroxylation sites is 1. The number of fused-ring (bicyclic) bond motifs is 1. The van der Waals surface area contributed by atoms with Crippen LogP contribution in [0.2, 0.25) is 0 Å². The van der Waals surface area contributed by atoms with E-state index in [2.05, 4.69) is 56.4 Å². The number of aromatic nitrogens is 3. The van der Waals surface area contributed by atoms with E-state index in [0.717, 1.165) is 37.3 Å². The summed E-state index contributed by atoms with van der Waals surface area (Å²) in [4.78, 5) is 24.3. The summed E-state index contributed by atoms with van der Waals surface area (Å²) in [5.41, 5.74) is 7.55. The highest BCUT2D eigenvalue weighted by molar-refractivity contribution is 5.83. The Hall–Kier alpha value is -3.42. The predicted octanol–water partition coefficient (Wildman–Crippen LogP) is 3.57. The molecular formula is C24H27N5O2. The standard InChI is InChI=1S/C24H27N5O2/c30-24(28-31)10-9-18-5-7-19(8-6-18)15-29(16-21-14-25-17-27-21)12-11-20-13-26-23-4-2-1-3-22(20)23/h1-8,13-14,17,26,31H,9-12,15-16H2,(H,25,27)(H,28,30). The van der Waals surface area contributed by atoms with Gasteiger partial charge in [-0.15, -0.1) is 0 Å². The van der Waals surface area contributed by atoms with E-state index in [-0.39, 0.29) is 12.3 Å². The van der Waals surface area contributed by atoms with Crippen LogP contribution in [0.25, 0.3) is 10.9 Å². The fourth-order valence-corrected chi connectivity index (χ4v) is 3.83. The summed E-state index contributed by atoms with van der Waals surface area (Å²) in [6.45, 7) is 2.53. The molecule has 2 heterocycles. The van der Waals surface area contributed by atoms with Crippen molar-refractivity contribution in [2.45, 2.75) is 32.4 Å². The summed E-state index contributed by atoms with van der Waals surface area (Å²) < 4.78 is 0. The van der Waals surface area contributed by atoms with Crippen LogP contribution in [-0.4, -0.2) is 37.5 Å². The second-order valence-electron chi connectivity index (χ2n) is 7.75. The van der Waals surface area contributed by atoms with Crippen molar-refractivity contribution in [1.82, 2.24) is 25.3 Å². The number of amides is 1. The third-order valence-electron chi connectivity index (χ3n) is 5.52. The largest absolute Gasteiger partial charge is 0.361 e. The minimum Gasteiger partial charge on any atom is -0.361 e. The predicted molar refractivity (Wildman–Crippen MR) is 119 cm³/mol. The molecule has 4 N–H and O–H groups in total. The molecule has 0 unspecified atom stereocenters. The highest BCUT2D eigenvalue weighted by Crippen LogP contribution is 2.19. The topological polar surface area (TPSA) is 97.0 Å². The minimum atomic E-state index is -0.368. The molecule has 7 nitrogen and oxygen atoms in total. The molecule has 0 saturated carbocycles. The number of carbonyl (C=O) groups excluding carboxylic acids is 1. The molecule has 0 aliphatic heterocycles. The van der Waals surface area contributed by atoms with E-state index in [1.165, 1.54) is 22.0 Å². The number of rotatable bonds is 10. The summed E-state index contributed by atoms with van der Waals surface area (Å²) in [5, 5.41) is 9.90. The van der Waals surface area contributed by atoms with Crippen molar-refractivity contribution in [2.75, 3.05) is 6.54 Å². The molecule has 0 atom stereocenters. The minimum absolute atomic E-state index is 0.270. The van der Waals surface area contributed by atoms with E-state index in [0.29, 0.717) is 6.42 Å². The fraction of sp³-hybridized carbons (Fsp3) is 0.250. The maximum absolute atomic E-state index is 11.2. The van der Waals surface area contributed by atoms with Gasteiger partial charge in [-0.2, -0.15) is 0 Å². The van der Waals surface area contributed by atoms with Crippen molar-refractivity contribution in [2.24, 2.45) is 0 Å². The van der Waals surface area contributed by atoms with Crippen molar-refractivity contribution in [3.8, 4) is 0 Å². The molecule has 0 radical (unpaired) electrons. The molecule has 2 aromatic heterocycles. The van der Waals surface area contributed by atoms with Crippen molar-refractivity contribution in [3.63, 3.8) is 0 Å². The van der Waals surface area contributed by atoms with Crippen molar-refractivity contribution in [3.05, 3.63) is 89.6 Å². The van der Waals surface area contributed by atoms with Crippen LogP contribution in [0.15, 0.2) is 67.3 Å².